The van der Waals surface area contributed by atoms with Crippen LogP contribution in [0.5, 0.6) is 0 Å². The van der Waals surface area contributed by atoms with Crippen molar-refractivity contribution in [3.05, 3.63) is 58.4 Å². The molecule has 0 bridgehead atoms. The number of carbonyl (C=O) groups is 2. The van der Waals surface area contributed by atoms with Gasteiger partial charge in [0.1, 0.15) is 5.57 Å². The molecule has 1 aliphatic rings. The van der Waals surface area contributed by atoms with Crippen LogP contribution < -0.4 is 10.2 Å². The van der Waals surface area contributed by atoms with Crippen molar-refractivity contribution in [1.29, 1.82) is 0 Å². The van der Waals surface area contributed by atoms with Gasteiger partial charge >= 0.3 is 0 Å². The number of benzene rings is 1. The van der Waals surface area contributed by atoms with Crippen LogP contribution in [0.25, 0.3) is 6.08 Å². The van der Waals surface area contributed by atoms with Gasteiger partial charge in [-0.05, 0) is 87.8 Å². The number of hydrogen-bond donors (Lipinski definition) is 1. The number of amides is 2. The molecule has 1 fully saturated rings. The van der Waals surface area contributed by atoms with Gasteiger partial charge in [0.2, 0.25) is 0 Å². The van der Waals surface area contributed by atoms with Crippen LogP contribution >= 0.6 is 12.2 Å². The van der Waals surface area contributed by atoms with Crippen molar-refractivity contribution in [2.24, 2.45) is 0 Å². The van der Waals surface area contributed by atoms with Crippen molar-refractivity contribution in [2.45, 2.75) is 40.7 Å². The molecule has 1 aromatic carbocycles. The maximum absolute atomic E-state index is 13.1. The Hall–Kier alpha value is -2.73. The Bertz CT molecular complexity index is 965. The van der Waals surface area contributed by atoms with Crippen molar-refractivity contribution in [3.63, 3.8) is 0 Å². The highest BCUT2D eigenvalue weighted by atomic mass is 32.1. The smallest absolute Gasteiger partial charge is 0.270 e. The average molecular weight is 382 g/mol. The second-order valence-corrected chi connectivity index (χ2v) is 7.61. The first-order chi connectivity index (χ1) is 12.7. The lowest BCUT2D eigenvalue weighted by molar-refractivity contribution is -0.122. The standard InChI is InChI=1S/C21H23N3O2S/c1-12(2)23-11-16(9-15(23)5)10-18-19(25)22-21(27)24(20(18)26)17-7-13(3)6-14(4)8-17/h6-12H,1-5H3,(H,22,25,27)/b18-10-. The fourth-order valence-electron chi connectivity index (χ4n) is 3.39. The molecule has 6 heteroatoms. The zero-order valence-electron chi connectivity index (χ0n) is 16.2. The maximum atomic E-state index is 13.1. The van der Waals surface area contributed by atoms with Crippen LogP contribution in [0.3, 0.4) is 0 Å². The topological polar surface area (TPSA) is 54.3 Å². The Morgan fingerprint density at radius 1 is 1.04 bits per heavy atom. The molecule has 3 rings (SSSR count). The lowest BCUT2D eigenvalue weighted by Crippen LogP contribution is -2.54. The Labute approximate surface area is 164 Å². The largest absolute Gasteiger partial charge is 0.349 e. The van der Waals surface area contributed by atoms with E-state index in [0.717, 1.165) is 22.4 Å². The first-order valence-electron chi connectivity index (χ1n) is 8.85. The number of aromatic nitrogens is 1. The van der Waals surface area contributed by atoms with Crippen molar-refractivity contribution >= 4 is 40.9 Å². The fraction of sp³-hybridized carbons (Fsp3) is 0.286. The molecule has 140 valence electrons. The van der Waals surface area contributed by atoms with E-state index < -0.39 is 11.8 Å². The van der Waals surface area contributed by atoms with E-state index in [1.807, 2.05) is 51.2 Å². The molecule has 2 amide bonds. The minimum atomic E-state index is -0.472. The van der Waals surface area contributed by atoms with Crippen molar-refractivity contribution < 1.29 is 9.59 Å². The van der Waals surface area contributed by atoms with Crippen LogP contribution in [-0.4, -0.2) is 21.5 Å². The van der Waals surface area contributed by atoms with Gasteiger partial charge in [0.25, 0.3) is 11.8 Å². The highest BCUT2D eigenvalue weighted by molar-refractivity contribution is 7.80. The molecule has 0 atom stereocenters. The summed E-state index contributed by atoms with van der Waals surface area (Å²) in [4.78, 5) is 26.9. The first-order valence-corrected chi connectivity index (χ1v) is 9.26. The van der Waals surface area contributed by atoms with Gasteiger partial charge in [-0.25, -0.2) is 0 Å². The van der Waals surface area contributed by atoms with E-state index in [-0.39, 0.29) is 10.7 Å². The summed E-state index contributed by atoms with van der Waals surface area (Å²) in [5, 5.41) is 2.73. The van der Waals surface area contributed by atoms with Gasteiger partial charge in [0.15, 0.2) is 5.11 Å². The molecule has 0 aliphatic carbocycles. The zero-order valence-corrected chi connectivity index (χ0v) is 17.0. The van der Waals surface area contributed by atoms with Crippen LogP contribution in [-0.2, 0) is 9.59 Å². The van der Waals surface area contributed by atoms with Crippen molar-refractivity contribution in [1.82, 2.24) is 9.88 Å². The number of aryl methyl sites for hydroxylation is 3. The summed E-state index contributed by atoms with van der Waals surface area (Å²) in [6.45, 7) is 10.1. The lowest BCUT2D eigenvalue weighted by Gasteiger charge is -2.29. The van der Waals surface area contributed by atoms with Gasteiger partial charge in [0, 0.05) is 17.9 Å². The number of carbonyl (C=O) groups excluding carboxylic acids is 2. The third-order valence-electron chi connectivity index (χ3n) is 4.50. The quantitative estimate of drug-likeness (QED) is 0.499. The Morgan fingerprint density at radius 2 is 1.67 bits per heavy atom. The molecule has 5 nitrogen and oxygen atoms in total. The maximum Gasteiger partial charge on any atom is 0.270 e. The SMILES string of the molecule is Cc1cc(C)cc(N2C(=O)/C(=C\c3cc(C)n(C(C)C)c3)C(=O)NC2=S)c1. The molecule has 1 aliphatic heterocycles. The third kappa shape index (κ3) is 3.71. The number of rotatable bonds is 3. The average Bonchev–Trinajstić information content (AvgIpc) is 2.91. The first kappa shape index (κ1) is 19.0. The normalized spacial score (nSPS) is 16.4. The molecule has 1 saturated heterocycles. The predicted octanol–water partition coefficient (Wildman–Crippen LogP) is 3.83. The monoisotopic (exact) mass is 381 g/mol. The fourth-order valence-corrected chi connectivity index (χ4v) is 3.67. The van der Waals surface area contributed by atoms with E-state index in [9.17, 15) is 9.59 Å². The van der Waals surface area contributed by atoms with E-state index in [1.165, 1.54) is 4.90 Å². The molecular formula is C21H23N3O2S. The molecule has 0 unspecified atom stereocenters. The molecule has 2 heterocycles. The van der Waals surface area contributed by atoms with E-state index >= 15 is 0 Å². The minimum absolute atomic E-state index is 0.0728. The lowest BCUT2D eigenvalue weighted by atomic mass is 10.1. The minimum Gasteiger partial charge on any atom is -0.349 e. The Balaban J connectivity index is 2.03. The molecule has 1 N–H and O–H groups in total. The second kappa shape index (κ2) is 7.12. The highest BCUT2D eigenvalue weighted by Crippen LogP contribution is 2.25. The Morgan fingerprint density at radius 3 is 2.22 bits per heavy atom. The summed E-state index contributed by atoms with van der Waals surface area (Å²) < 4.78 is 2.10. The van der Waals surface area contributed by atoms with Gasteiger partial charge in [-0.3, -0.25) is 19.8 Å². The van der Waals surface area contributed by atoms with E-state index in [1.54, 1.807) is 6.08 Å². The molecule has 0 radical (unpaired) electrons. The third-order valence-corrected chi connectivity index (χ3v) is 4.79. The van der Waals surface area contributed by atoms with Crippen molar-refractivity contribution in [2.75, 3.05) is 4.90 Å². The molecule has 2 aromatic rings. The summed E-state index contributed by atoms with van der Waals surface area (Å²) in [6.07, 6.45) is 3.57. The zero-order chi connectivity index (χ0) is 19.9. The Kier molecular flexibility index (Phi) is 5.02. The summed E-state index contributed by atoms with van der Waals surface area (Å²) >= 11 is 5.27. The molecule has 1 aromatic heterocycles. The van der Waals surface area contributed by atoms with Gasteiger partial charge < -0.3 is 4.57 Å². The number of nitrogens with zero attached hydrogens (tertiary/aromatic N) is 2. The number of anilines is 1. The van der Waals surface area contributed by atoms with E-state index in [4.69, 9.17) is 12.2 Å². The van der Waals surface area contributed by atoms with Crippen LogP contribution in [0.15, 0.2) is 36.0 Å². The number of thiocarbonyl (C=S) groups is 1. The van der Waals surface area contributed by atoms with Crippen LogP contribution in [0.1, 0.15) is 42.3 Å². The highest BCUT2D eigenvalue weighted by Gasteiger charge is 2.34. The summed E-state index contributed by atoms with van der Waals surface area (Å²) in [5.74, 6) is -0.885. The molecule has 27 heavy (non-hydrogen) atoms. The van der Waals surface area contributed by atoms with E-state index in [0.29, 0.717) is 11.7 Å². The van der Waals surface area contributed by atoms with Crippen LogP contribution in [0, 0.1) is 20.8 Å². The number of hydrogen-bond acceptors (Lipinski definition) is 3. The molecule has 0 saturated carbocycles. The van der Waals surface area contributed by atoms with Gasteiger partial charge in [-0.1, -0.05) is 6.07 Å². The summed E-state index contributed by atoms with van der Waals surface area (Å²) in [7, 11) is 0. The van der Waals surface area contributed by atoms with Crippen LogP contribution in [0.4, 0.5) is 5.69 Å². The van der Waals surface area contributed by atoms with Crippen molar-refractivity contribution in [3.8, 4) is 0 Å². The molecule has 0 spiro atoms. The van der Waals surface area contributed by atoms with E-state index in [2.05, 4.69) is 23.7 Å². The van der Waals surface area contributed by atoms with Gasteiger partial charge in [-0.2, -0.15) is 0 Å². The van der Waals surface area contributed by atoms with Gasteiger partial charge in [-0.15, -0.1) is 0 Å². The summed E-state index contributed by atoms with van der Waals surface area (Å²) in [5.41, 5.74) is 4.66. The summed E-state index contributed by atoms with van der Waals surface area (Å²) in [6, 6.07) is 8.04. The number of nitrogens with one attached hydrogen (secondary N) is 1. The second-order valence-electron chi connectivity index (χ2n) is 7.22. The van der Waals surface area contributed by atoms with Crippen LogP contribution in [0.2, 0.25) is 0 Å². The predicted molar refractivity (Wildman–Crippen MR) is 112 cm³/mol. The molecular weight excluding hydrogens is 358 g/mol. The van der Waals surface area contributed by atoms with Gasteiger partial charge in [0.05, 0.1) is 5.69 Å².